The van der Waals surface area contributed by atoms with Crippen molar-refractivity contribution in [2.24, 2.45) is 23.7 Å². The molecule has 1 aromatic carbocycles. The second-order valence-electron chi connectivity index (χ2n) is 11.8. The van der Waals surface area contributed by atoms with Crippen LogP contribution in [-0.2, 0) is 25.4 Å². The van der Waals surface area contributed by atoms with Crippen LogP contribution in [0.25, 0.3) is 0 Å². The number of halogens is 3. The summed E-state index contributed by atoms with van der Waals surface area (Å²) < 4.78 is 51.6. The van der Waals surface area contributed by atoms with Gasteiger partial charge >= 0.3 is 12.2 Å². The van der Waals surface area contributed by atoms with Gasteiger partial charge in [-0.1, -0.05) is 13.8 Å². The summed E-state index contributed by atoms with van der Waals surface area (Å²) in [4.78, 5) is 28.9. The van der Waals surface area contributed by atoms with Gasteiger partial charge < -0.3 is 19.7 Å². The standard InChI is InChI=1S/C27H36F3N3O5/c1-16-4-9-21-17(2)22(35-23-26(21)20(16)10-11-25(3,36-23)37-38-26)32-12-14-33(15-13-32)24(34)31-19-7-5-18(6-8-19)27(28,29)30/h5-8,16-17,20-23H,4,9-15H2,1-3H3,(H,31,34)/t16-,17-,20+,21+,22-,23-,25+,26-/m1/s1. The molecule has 210 valence electrons. The van der Waals surface area contributed by atoms with Gasteiger partial charge in [0.1, 0.15) is 6.23 Å². The van der Waals surface area contributed by atoms with Crippen LogP contribution in [0.4, 0.5) is 23.7 Å². The van der Waals surface area contributed by atoms with Gasteiger partial charge in [-0.15, -0.1) is 0 Å². The first-order valence-electron chi connectivity index (χ1n) is 13.7. The lowest BCUT2D eigenvalue weighted by Gasteiger charge is -2.61. The van der Waals surface area contributed by atoms with Crippen LogP contribution in [0.2, 0.25) is 0 Å². The lowest BCUT2D eigenvalue weighted by Crippen LogP contribution is -2.72. The number of hydrogen-bond acceptors (Lipinski definition) is 6. The predicted octanol–water partition coefficient (Wildman–Crippen LogP) is 5.06. The van der Waals surface area contributed by atoms with E-state index in [1.807, 2.05) is 6.92 Å². The Morgan fingerprint density at radius 2 is 1.71 bits per heavy atom. The van der Waals surface area contributed by atoms with Gasteiger partial charge in [0.15, 0.2) is 11.9 Å². The quantitative estimate of drug-likeness (QED) is 0.530. The fourth-order valence-corrected chi connectivity index (χ4v) is 7.43. The molecule has 2 bridgehead atoms. The molecule has 0 aromatic heterocycles. The molecule has 1 aliphatic carbocycles. The monoisotopic (exact) mass is 539 g/mol. The number of nitrogens with zero attached hydrogens (tertiary/aromatic N) is 2. The molecule has 5 aliphatic heterocycles. The topological polar surface area (TPSA) is 72.5 Å². The summed E-state index contributed by atoms with van der Waals surface area (Å²) >= 11 is 0. The Kier molecular flexibility index (Phi) is 6.46. The highest BCUT2D eigenvalue weighted by molar-refractivity contribution is 5.89. The number of hydrogen-bond donors (Lipinski definition) is 1. The van der Waals surface area contributed by atoms with Crippen molar-refractivity contribution in [1.29, 1.82) is 0 Å². The van der Waals surface area contributed by atoms with Crippen LogP contribution in [0.15, 0.2) is 24.3 Å². The Morgan fingerprint density at radius 3 is 2.39 bits per heavy atom. The van der Waals surface area contributed by atoms with Crippen LogP contribution in [0, 0.1) is 23.7 Å². The van der Waals surface area contributed by atoms with Crippen molar-refractivity contribution in [2.75, 3.05) is 31.5 Å². The van der Waals surface area contributed by atoms with Crippen molar-refractivity contribution in [1.82, 2.24) is 9.80 Å². The second kappa shape index (κ2) is 9.33. The zero-order valence-electron chi connectivity index (χ0n) is 22.0. The number of rotatable bonds is 2. The van der Waals surface area contributed by atoms with E-state index in [1.54, 1.807) is 4.90 Å². The van der Waals surface area contributed by atoms with Crippen molar-refractivity contribution in [3.63, 3.8) is 0 Å². The molecule has 0 unspecified atom stereocenters. The minimum Gasteiger partial charge on any atom is -0.331 e. The molecule has 8 atom stereocenters. The average molecular weight is 540 g/mol. The molecule has 1 saturated carbocycles. The molecule has 1 N–H and O–H groups in total. The van der Waals surface area contributed by atoms with Crippen molar-refractivity contribution in [3.05, 3.63) is 29.8 Å². The maximum Gasteiger partial charge on any atom is 0.416 e. The molecule has 38 heavy (non-hydrogen) atoms. The molecule has 1 spiro atoms. The summed E-state index contributed by atoms with van der Waals surface area (Å²) in [5, 5.41) is 2.71. The molecule has 6 fully saturated rings. The fraction of sp³-hybridized carbons (Fsp3) is 0.741. The Morgan fingerprint density at radius 1 is 1.00 bits per heavy atom. The molecule has 11 heteroatoms. The fourth-order valence-electron chi connectivity index (χ4n) is 7.43. The Labute approximate surface area is 220 Å². The number of nitrogens with one attached hydrogen (secondary N) is 1. The normalized spacial score (nSPS) is 41.4. The highest BCUT2D eigenvalue weighted by Gasteiger charge is 2.69. The number of anilines is 1. The molecule has 6 aliphatic rings. The van der Waals surface area contributed by atoms with E-state index in [1.165, 1.54) is 12.1 Å². The summed E-state index contributed by atoms with van der Waals surface area (Å²) in [6.45, 7) is 8.64. The molecular weight excluding hydrogens is 503 g/mol. The van der Waals surface area contributed by atoms with Gasteiger partial charge in [-0.05, 0) is 62.3 Å². The lowest BCUT2D eigenvalue weighted by atomic mass is 9.58. The van der Waals surface area contributed by atoms with Crippen LogP contribution in [-0.4, -0.2) is 65.9 Å². The summed E-state index contributed by atoms with van der Waals surface area (Å²) in [5.74, 6) is 0.405. The molecule has 7 rings (SSSR count). The smallest absolute Gasteiger partial charge is 0.331 e. The zero-order chi connectivity index (χ0) is 26.9. The molecule has 2 amide bonds. The number of ether oxygens (including phenoxy) is 2. The third-order valence-corrected chi connectivity index (χ3v) is 9.55. The first kappa shape index (κ1) is 26.3. The Balaban J connectivity index is 1.11. The molecule has 5 saturated heterocycles. The van der Waals surface area contributed by atoms with E-state index in [2.05, 4.69) is 24.1 Å². The highest BCUT2D eigenvalue weighted by atomic mass is 19.4. The second-order valence-corrected chi connectivity index (χ2v) is 11.8. The summed E-state index contributed by atoms with van der Waals surface area (Å²) in [6.07, 6.45) is -1.18. The Hall–Kier alpha value is -1.92. The zero-order valence-corrected chi connectivity index (χ0v) is 22.0. The van der Waals surface area contributed by atoms with Crippen LogP contribution in [0.1, 0.15) is 52.0 Å². The number of urea groups is 1. The summed E-state index contributed by atoms with van der Waals surface area (Å²) in [7, 11) is 0. The van der Waals surface area contributed by atoms with Gasteiger partial charge in [0.05, 0.1) is 5.56 Å². The summed E-state index contributed by atoms with van der Waals surface area (Å²) in [5.41, 5.74) is -1.02. The van der Waals surface area contributed by atoms with Gasteiger partial charge in [-0.3, -0.25) is 4.90 Å². The van der Waals surface area contributed by atoms with E-state index in [0.29, 0.717) is 43.7 Å². The SMILES string of the molecule is C[C@H]1[C@H](N2CCN(C(=O)Nc3ccc(C(F)(F)F)cc3)CC2)O[C@@H]2O[C@]3(C)CC[C@H]4[C@H](C)CC[C@@H]1[C@@]24OO3. The van der Waals surface area contributed by atoms with Gasteiger partial charge in [0.25, 0.3) is 0 Å². The van der Waals surface area contributed by atoms with Crippen LogP contribution in [0.3, 0.4) is 0 Å². The number of carbonyl (C=O) groups excluding carboxylic acids is 1. The minimum absolute atomic E-state index is 0.170. The number of benzene rings is 1. The number of amides is 2. The van der Waals surface area contributed by atoms with E-state index >= 15 is 0 Å². The largest absolute Gasteiger partial charge is 0.416 e. The van der Waals surface area contributed by atoms with Crippen LogP contribution in [0.5, 0.6) is 0 Å². The minimum atomic E-state index is -4.41. The van der Waals surface area contributed by atoms with Crippen molar-refractivity contribution in [2.45, 2.75) is 76.5 Å². The van der Waals surface area contributed by atoms with Gasteiger partial charge in [-0.25, -0.2) is 14.6 Å². The molecule has 8 nitrogen and oxygen atoms in total. The van der Waals surface area contributed by atoms with Crippen LogP contribution < -0.4 is 5.32 Å². The number of fused-ring (bicyclic) bond motifs is 2. The van der Waals surface area contributed by atoms with E-state index in [4.69, 9.17) is 19.2 Å². The number of piperazine rings is 1. The number of carbonyl (C=O) groups is 1. The third-order valence-electron chi connectivity index (χ3n) is 9.55. The first-order chi connectivity index (χ1) is 18.0. The van der Waals surface area contributed by atoms with Gasteiger partial charge in [0.2, 0.25) is 5.79 Å². The molecule has 0 radical (unpaired) electrons. The maximum atomic E-state index is 12.8. The van der Waals surface area contributed by atoms with Crippen molar-refractivity contribution >= 4 is 11.7 Å². The van der Waals surface area contributed by atoms with E-state index in [9.17, 15) is 18.0 Å². The van der Waals surface area contributed by atoms with E-state index in [-0.39, 0.29) is 24.1 Å². The van der Waals surface area contributed by atoms with Crippen LogP contribution >= 0.6 is 0 Å². The average Bonchev–Trinajstić information content (AvgIpc) is 3.12. The molecular formula is C27H36F3N3O5. The van der Waals surface area contributed by atoms with E-state index in [0.717, 1.165) is 37.8 Å². The highest BCUT2D eigenvalue weighted by Crippen LogP contribution is 2.60. The molecule has 5 heterocycles. The maximum absolute atomic E-state index is 12.8. The predicted molar refractivity (Wildman–Crippen MR) is 130 cm³/mol. The lowest BCUT2D eigenvalue weighted by molar-refractivity contribution is -0.574. The van der Waals surface area contributed by atoms with Crippen molar-refractivity contribution in [3.8, 4) is 0 Å². The van der Waals surface area contributed by atoms with Gasteiger partial charge in [0, 0.05) is 50.1 Å². The third kappa shape index (κ3) is 4.30. The van der Waals surface area contributed by atoms with Gasteiger partial charge in [-0.2, -0.15) is 13.2 Å². The summed E-state index contributed by atoms with van der Waals surface area (Å²) in [6, 6.07) is 4.16. The van der Waals surface area contributed by atoms with E-state index < -0.39 is 29.4 Å². The number of alkyl halides is 3. The Bertz CT molecular complexity index is 1050. The van der Waals surface area contributed by atoms with Crippen molar-refractivity contribution < 1.29 is 37.2 Å². The molecule has 1 aromatic rings. The first-order valence-corrected chi connectivity index (χ1v) is 13.7.